The van der Waals surface area contributed by atoms with Gasteiger partial charge in [-0.2, -0.15) is 5.10 Å². The standard InChI is InChI=1S/C14H21N5O/c1-10-6-13-16-7-11(9-18(2)3)14(19(13)17-10)12-8-15-4-5-20-12/h6-7,12,15H,4-5,8-9H2,1-3H3/t12-/m1/s1. The van der Waals surface area contributed by atoms with Crippen molar-refractivity contribution in [3.63, 3.8) is 0 Å². The normalized spacial score (nSPS) is 19.9. The Labute approximate surface area is 118 Å². The van der Waals surface area contributed by atoms with Gasteiger partial charge in [0.2, 0.25) is 0 Å². The molecule has 0 aromatic carbocycles. The van der Waals surface area contributed by atoms with E-state index in [0.717, 1.165) is 43.3 Å². The van der Waals surface area contributed by atoms with E-state index >= 15 is 0 Å². The minimum absolute atomic E-state index is 0.0310. The van der Waals surface area contributed by atoms with E-state index in [4.69, 9.17) is 4.74 Å². The molecule has 3 heterocycles. The number of hydrogen-bond acceptors (Lipinski definition) is 5. The number of hydrogen-bond donors (Lipinski definition) is 1. The van der Waals surface area contributed by atoms with Crippen molar-refractivity contribution < 1.29 is 4.74 Å². The summed E-state index contributed by atoms with van der Waals surface area (Å²) in [5.41, 5.74) is 4.14. The van der Waals surface area contributed by atoms with Crippen molar-refractivity contribution in [2.24, 2.45) is 0 Å². The average molecular weight is 275 g/mol. The molecule has 1 N–H and O–H groups in total. The van der Waals surface area contributed by atoms with Crippen LogP contribution < -0.4 is 5.32 Å². The summed E-state index contributed by atoms with van der Waals surface area (Å²) >= 11 is 0. The first-order valence-corrected chi connectivity index (χ1v) is 6.96. The molecule has 0 saturated carbocycles. The first kappa shape index (κ1) is 13.5. The van der Waals surface area contributed by atoms with Gasteiger partial charge in [-0.1, -0.05) is 0 Å². The van der Waals surface area contributed by atoms with Crippen LogP contribution in [-0.2, 0) is 11.3 Å². The molecule has 2 aromatic rings. The van der Waals surface area contributed by atoms with Crippen molar-refractivity contribution >= 4 is 5.65 Å². The molecular formula is C14H21N5O. The largest absolute Gasteiger partial charge is 0.369 e. The lowest BCUT2D eigenvalue weighted by atomic mass is 10.1. The number of aryl methyl sites for hydroxylation is 1. The molecule has 108 valence electrons. The van der Waals surface area contributed by atoms with Crippen LogP contribution in [0, 0.1) is 6.92 Å². The summed E-state index contributed by atoms with van der Waals surface area (Å²) in [6, 6.07) is 2.00. The minimum Gasteiger partial charge on any atom is -0.369 e. The van der Waals surface area contributed by atoms with Gasteiger partial charge in [0.15, 0.2) is 5.65 Å². The molecule has 1 aliphatic heterocycles. The molecule has 1 aliphatic rings. The second-order valence-corrected chi connectivity index (χ2v) is 5.53. The van der Waals surface area contributed by atoms with Gasteiger partial charge >= 0.3 is 0 Å². The first-order chi connectivity index (χ1) is 9.65. The molecule has 0 aliphatic carbocycles. The number of aromatic nitrogens is 3. The van der Waals surface area contributed by atoms with E-state index in [9.17, 15) is 0 Å². The fourth-order valence-corrected chi connectivity index (χ4v) is 2.65. The van der Waals surface area contributed by atoms with Crippen molar-refractivity contribution in [3.05, 3.63) is 29.2 Å². The minimum atomic E-state index is 0.0310. The zero-order chi connectivity index (χ0) is 14.1. The van der Waals surface area contributed by atoms with Crippen molar-refractivity contribution in [1.29, 1.82) is 0 Å². The molecular weight excluding hydrogens is 254 g/mol. The van der Waals surface area contributed by atoms with E-state index in [0.29, 0.717) is 0 Å². The summed E-state index contributed by atoms with van der Waals surface area (Å²) in [5.74, 6) is 0. The Morgan fingerprint density at radius 1 is 1.50 bits per heavy atom. The molecule has 3 rings (SSSR count). The number of ether oxygens (including phenoxy) is 1. The Bertz CT molecular complexity index is 601. The summed E-state index contributed by atoms with van der Waals surface area (Å²) in [6.07, 6.45) is 1.98. The molecule has 20 heavy (non-hydrogen) atoms. The monoisotopic (exact) mass is 275 g/mol. The van der Waals surface area contributed by atoms with Crippen LogP contribution in [0.3, 0.4) is 0 Å². The predicted molar refractivity (Wildman–Crippen MR) is 76.7 cm³/mol. The molecule has 1 saturated heterocycles. The zero-order valence-electron chi connectivity index (χ0n) is 12.3. The van der Waals surface area contributed by atoms with E-state index in [-0.39, 0.29) is 6.10 Å². The van der Waals surface area contributed by atoms with Gasteiger partial charge in [-0.3, -0.25) is 0 Å². The molecule has 1 fully saturated rings. The highest BCUT2D eigenvalue weighted by molar-refractivity contribution is 5.42. The van der Waals surface area contributed by atoms with Crippen LogP contribution in [0.25, 0.3) is 5.65 Å². The predicted octanol–water partition coefficient (Wildman–Crippen LogP) is 0.760. The fourth-order valence-electron chi connectivity index (χ4n) is 2.65. The number of nitrogens with one attached hydrogen (secondary N) is 1. The van der Waals surface area contributed by atoms with Gasteiger partial charge < -0.3 is 15.0 Å². The van der Waals surface area contributed by atoms with Crippen molar-refractivity contribution in [3.8, 4) is 0 Å². The van der Waals surface area contributed by atoms with Gasteiger partial charge in [-0.05, 0) is 21.0 Å². The third kappa shape index (κ3) is 2.54. The molecule has 1 atom stereocenters. The van der Waals surface area contributed by atoms with E-state index in [1.807, 2.05) is 23.7 Å². The smallest absolute Gasteiger partial charge is 0.155 e. The van der Waals surface area contributed by atoms with E-state index in [1.54, 1.807) is 0 Å². The lowest BCUT2D eigenvalue weighted by Gasteiger charge is -2.26. The summed E-state index contributed by atoms with van der Waals surface area (Å²) in [5, 5.41) is 7.97. The third-order valence-corrected chi connectivity index (χ3v) is 3.44. The molecule has 0 bridgehead atoms. The maximum absolute atomic E-state index is 5.93. The Hall–Kier alpha value is -1.50. The number of fused-ring (bicyclic) bond motifs is 1. The fraction of sp³-hybridized carbons (Fsp3) is 0.571. The summed E-state index contributed by atoms with van der Waals surface area (Å²) in [4.78, 5) is 6.65. The zero-order valence-corrected chi connectivity index (χ0v) is 12.3. The number of rotatable bonds is 3. The third-order valence-electron chi connectivity index (χ3n) is 3.44. The molecule has 0 radical (unpaired) electrons. The highest BCUT2D eigenvalue weighted by Crippen LogP contribution is 2.24. The average Bonchev–Trinajstić information content (AvgIpc) is 2.79. The van der Waals surface area contributed by atoms with Crippen molar-refractivity contribution in [2.75, 3.05) is 33.8 Å². The summed E-state index contributed by atoms with van der Waals surface area (Å²) in [6.45, 7) is 5.28. The van der Waals surface area contributed by atoms with Crippen molar-refractivity contribution in [1.82, 2.24) is 24.8 Å². The van der Waals surface area contributed by atoms with Crippen LogP contribution in [0.5, 0.6) is 0 Å². The number of nitrogens with zero attached hydrogens (tertiary/aromatic N) is 4. The molecule has 2 aromatic heterocycles. The summed E-state index contributed by atoms with van der Waals surface area (Å²) in [7, 11) is 4.12. The SMILES string of the molecule is Cc1cc2ncc(CN(C)C)c([C@H]3CNCCO3)n2n1. The lowest BCUT2D eigenvalue weighted by Crippen LogP contribution is -2.35. The van der Waals surface area contributed by atoms with Crippen LogP contribution in [0.4, 0.5) is 0 Å². The molecule has 6 nitrogen and oxygen atoms in total. The van der Waals surface area contributed by atoms with Gasteiger partial charge in [-0.25, -0.2) is 9.50 Å². The molecule has 6 heteroatoms. The van der Waals surface area contributed by atoms with Crippen LogP contribution >= 0.6 is 0 Å². The van der Waals surface area contributed by atoms with Crippen LogP contribution in [0.1, 0.15) is 23.1 Å². The van der Waals surface area contributed by atoms with Crippen LogP contribution in [-0.4, -0.2) is 53.3 Å². The van der Waals surface area contributed by atoms with Crippen LogP contribution in [0.2, 0.25) is 0 Å². The summed E-state index contributed by atoms with van der Waals surface area (Å²) < 4.78 is 7.87. The lowest BCUT2D eigenvalue weighted by molar-refractivity contribution is 0.0227. The van der Waals surface area contributed by atoms with E-state index in [2.05, 4.69) is 34.4 Å². The van der Waals surface area contributed by atoms with Gasteiger partial charge in [0, 0.05) is 37.5 Å². The Kier molecular flexibility index (Phi) is 3.69. The van der Waals surface area contributed by atoms with E-state index < -0.39 is 0 Å². The van der Waals surface area contributed by atoms with Gasteiger partial charge in [0.1, 0.15) is 6.10 Å². The van der Waals surface area contributed by atoms with E-state index in [1.165, 1.54) is 5.56 Å². The topological polar surface area (TPSA) is 54.7 Å². The number of morpholine rings is 1. The van der Waals surface area contributed by atoms with Gasteiger partial charge in [-0.15, -0.1) is 0 Å². The Morgan fingerprint density at radius 3 is 3.05 bits per heavy atom. The highest BCUT2D eigenvalue weighted by atomic mass is 16.5. The first-order valence-electron chi connectivity index (χ1n) is 6.96. The molecule has 0 amide bonds. The Morgan fingerprint density at radius 2 is 2.35 bits per heavy atom. The highest BCUT2D eigenvalue weighted by Gasteiger charge is 2.23. The second-order valence-electron chi connectivity index (χ2n) is 5.53. The molecule has 0 unspecified atom stereocenters. The Balaban J connectivity index is 2.11. The maximum atomic E-state index is 5.93. The molecule has 0 spiro atoms. The maximum Gasteiger partial charge on any atom is 0.155 e. The van der Waals surface area contributed by atoms with Crippen LogP contribution in [0.15, 0.2) is 12.3 Å². The van der Waals surface area contributed by atoms with Crippen molar-refractivity contribution in [2.45, 2.75) is 19.6 Å². The van der Waals surface area contributed by atoms with Gasteiger partial charge in [0.05, 0.1) is 18.0 Å². The van der Waals surface area contributed by atoms with Gasteiger partial charge in [0.25, 0.3) is 0 Å². The second kappa shape index (κ2) is 5.47. The quantitative estimate of drug-likeness (QED) is 0.896.